The number of carboxylic acids is 1. The van der Waals surface area contributed by atoms with Gasteiger partial charge in [-0.25, -0.2) is 0 Å². The van der Waals surface area contributed by atoms with E-state index in [4.69, 9.17) is 5.11 Å². The van der Waals surface area contributed by atoms with Crippen molar-refractivity contribution < 1.29 is 15.0 Å². The summed E-state index contributed by atoms with van der Waals surface area (Å²) in [5, 5.41) is 21.6. The van der Waals surface area contributed by atoms with E-state index in [1.807, 2.05) is 42.5 Å². The van der Waals surface area contributed by atoms with E-state index in [0.717, 1.165) is 11.1 Å². The van der Waals surface area contributed by atoms with Crippen molar-refractivity contribution in [3.8, 4) is 5.75 Å². The minimum atomic E-state index is -0.820. The summed E-state index contributed by atoms with van der Waals surface area (Å²) in [5.41, 5.74) is 2.12. The molecular formula is C17H19NO3. The zero-order valence-corrected chi connectivity index (χ0v) is 11.7. The second-order valence-electron chi connectivity index (χ2n) is 5.03. The van der Waals surface area contributed by atoms with Crippen molar-refractivity contribution in [2.75, 3.05) is 0 Å². The van der Waals surface area contributed by atoms with Crippen LogP contribution in [0.2, 0.25) is 0 Å². The lowest BCUT2D eigenvalue weighted by Gasteiger charge is -2.17. The van der Waals surface area contributed by atoms with Crippen LogP contribution in [0.15, 0.2) is 54.6 Å². The molecule has 0 radical (unpaired) electrons. The molecule has 0 aliphatic rings. The van der Waals surface area contributed by atoms with Crippen LogP contribution in [0.4, 0.5) is 0 Å². The second kappa shape index (κ2) is 7.45. The monoisotopic (exact) mass is 285 g/mol. The molecule has 0 unspecified atom stereocenters. The van der Waals surface area contributed by atoms with Crippen molar-refractivity contribution in [3.05, 3.63) is 65.7 Å². The third-order valence-electron chi connectivity index (χ3n) is 3.28. The summed E-state index contributed by atoms with van der Waals surface area (Å²) in [7, 11) is 0. The maximum Gasteiger partial charge on any atom is 0.304 e. The zero-order valence-electron chi connectivity index (χ0n) is 11.7. The molecule has 4 heteroatoms. The fourth-order valence-electron chi connectivity index (χ4n) is 2.20. The van der Waals surface area contributed by atoms with Crippen LogP contribution < -0.4 is 5.32 Å². The second-order valence-corrected chi connectivity index (χ2v) is 5.03. The Bertz CT molecular complexity index is 566. The Morgan fingerprint density at radius 3 is 2.29 bits per heavy atom. The van der Waals surface area contributed by atoms with E-state index in [1.165, 1.54) is 0 Å². The van der Waals surface area contributed by atoms with Gasteiger partial charge in [-0.2, -0.15) is 0 Å². The molecule has 0 aliphatic carbocycles. The Morgan fingerprint density at radius 2 is 1.67 bits per heavy atom. The summed E-state index contributed by atoms with van der Waals surface area (Å²) < 4.78 is 0. The van der Waals surface area contributed by atoms with Crippen LogP contribution in [0, 0.1) is 0 Å². The van der Waals surface area contributed by atoms with E-state index in [0.29, 0.717) is 13.0 Å². The fourth-order valence-corrected chi connectivity index (χ4v) is 2.20. The van der Waals surface area contributed by atoms with Gasteiger partial charge in [0.15, 0.2) is 0 Å². The lowest BCUT2D eigenvalue weighted by molar-refractivity contribution is -0.137. The molecule has 0 saturated heterocycles. The Kier molecular flexibility index (Phi) is 5.35. The van der Waals surface area contributed by atoms with Gasteiger partial charge in [0.2, 0.25) is 0 Å². The Balaban J connectivity index is 1.97. The van der Waals surface area contributed by atoms with E-state index in [1.54, 1.807) is 12.1 Å². The maximum absolute atomic E-state index is 11.0. The molecule has 0 bridgehead atoms. The highest BCUT2D eigenvalue weighted by Gasteiger charge is 2.13. The first-order valence-corrected chi connectivity index (χ1v) is 6.90. The fraction of sp³-hybridized carbons (Fsp3) is 0.235. The number of phenols is 1. The molecule has 21 heavy (non-hydrogen) atoms. The molecule has 2 aromatic carbocycles. The van der Waals surface area contributed by atoms with Crippen LogP contribution >= 0.6 is 0 Å². The van der Waals surface area contributed by atoms with Gasteiger partial charge in [-0.15, -0.1) is 0 Å². The van der Waals surface area contributed by atoms with Crippen molar-refractivity contribution in [1.29, 1.82) is 0 Å². The predicted molar refractivity (Wildman–Crippen MR) is 81.1 cm³/mol. The van der Waals surface area contributed by atoms with Crippen LogP contribution in [0.1, 0.15) is 17.5 Å². The summed E-state index contributed by atoms with van der Waals surface area (Å²) in [4.78, 5) is 11.0. The van der Waals surface area contributed by atoms with Gasteiger partial charge in [0.05, 0.1) is 6.42 Å². The highest BCUT2D eigenvalue weighted by molar-refractivity contribution is 5.67. The van der Waals surface area contributed by atoms with Gasteiger partial charge in [0, 0.05) is 12.6 Å². The van der Waals surface area contributed by atoms with Crippen molar-refractivity contribution in [2.24, 2.45) is 0 Å². The van der Waals surface area contributed by atoms with Gasteiger partial charge in [-0.05, 0) is 29.7 Å². The number of carboxylic acid groups (broad SMARTS) is 1. The minimum absolute atomic E-state index is 0.0632. The number of hydrogen-bond donors (Lipinski definition) is 3. The molecule has 1 atom stereocenters. The summed E-state index contributed by atoms with van der Waals surface area (Å²) in [5.74, 6) is -0.606. The molecule has 0 saturated carbocycles. The predicted octanol–water partition coefficient (Wildman–Crippen LogP) is 2.57. The van der Waals surface area contributed by atoms with Gasteiger partial charge in [-0.1, -0.05) is 42.5 Å². The van der Waals surface area contributed by atoms with Crippen molar-refractivity contribution >= 4 is 5.97 Å². The molecule has 0 heterocycles. The highest BCUT2D eigenvalue weighted by atomic mass is 16.4. The quantitative estimate of drug-likeness (QED) is 0.731. The van der Waals surface area contributed by atoms with Gasteiger partial charge in [0.1, 0.15) is 5.75 Å². The van der Waals surface area contributed by atoms with E-state index in [-0.39, 0.29) is 18.2 Å². The molecule has 2 aromatic rings. The van der Waals surface area contributed by atoms with Crippen molar-refractivity contribution in [3.63, 3.8) is 0 Å². The third kappa shape index (κ3) is 5.28. The Morgan fingerprint density at radius 1 is 1.00 bits per heavy atom. The van der Waals surface area contributed by atoms with Crippen LogP contribution in [0.5, 0.6) is 5.75 Å². The van der Waals surface area contributed by atoms with Crippen LogP contribution in [-0.4, -0.2) is 22.2 Å². The summed E-state index contributed by atoms with van der Waals surface area (Å²) in [6, 6.07) is 16.6. The van der Waals surface area contributed by atoms with Crippen molar-refractivity contribution in [2.45, 2.75) is 25.4 Å². The first kappa shape index (κ1) is 15.1. The van der Waals surface area contributed by atoms with Gasteiger partial charge >= 0.3 is 5.97 Å². The lowest BCUT2D eigenvalue weighted by atomic mass is 10.0. The van der Waals surface area contributed by atoms with Crippen LogP contribution in [0.3, 0.4) is 0 Å². The maximum atomic E-state index is 11.0. The standard InChI is InChI=1S/C17H19NO3/c19-16-8-6-13(7-9-16)10-15(11-17(20)21)18-12-14-4-2-1-3-5-14/h1-9,15,18-19H,10-12H2,(H,20,21)/t15-/m0/s1. The van der Waals surface area contributed by atoms with Gasteiger partial charge < -0.3 is 15.5 Å². The minimum Gasteiger partial charge on any atom is -0.508 e. The number of benzene rings is 2. The molecule has 0 aromatic heterocycles. The first-order chi connectivity index (χ1) is 10.1. The first-order valence-electron chi connectivity index (χ1n) is 6.90. The largest absolute Gasteiger partial charge is 0.508 e. The number of aromatic hydroxyl groups is 1. The molecule has 0 amide bonds. The van der Waals surface area contributed by atoms with Gasteiger partial charge in [0.25, 0.3) is 0 Å². The number of aliphatic carboxylic acids is 1. The van der Waals surface area contributed by atoms with Crippen LogP contribution in [0.25, 0.3) is 0 Å². The SMILES string of the molecule is O=C(O)C[C@H](Cc1ccc(O)cc1)NCc1ccccc1. The number of phenolic OH excluding ortho intramolecular Hbond substituents is 1. The van der Waals surface area contributed by atoms with Gasteiger partial charge in [-0.3, -0.25) is 4.79 Å². The third-order valence-corrected chi connectivity index (χ3v) is 3.28. The molecule has 0 spiro atoms. The zero-order chi connectivity index (χ0) is 15.1. The number of rotatable bonds is 7. The molecule has 0 fully saturated rings. The summed E-state index contributed by atoms with van der Waals surface area (Å²) in [6.45, 7) is 0.636. The molecule has 2 rings (SSSR count). The molecule has 3 N–H and O–H groups in total. The molecular weight excluding hydrogens is 266 g/mol. The number of nitrogens with one attached hydrogen (secondary N) is 1. The average molecular weight is 285 g/mol. The highest BCUT2D eigenvalue weighted by Crippen LogP contribution is 2.13. The molecule has 0 aliphatic heterocycles. The molecule has 110 valence electrons. The number of hydrogen-bond acceptors (Lipinski definition) is 3. The van der Waals surface area contributed by atoms with Crippen LogP contribution in [-0.2, 0) is 17.8 Å². The molecule has 4 nitrogen and oxygen atoms in total. The lowest BCUT2D eigenvalue weighted by Crippen LogP contribution is -2.33. The normalized spacial score (nSPS) is 12.0. The van der Waals surface area contributed by atoms with Crippen molar-refractivity contribution in [1.82, 2.24) is 5.32 Å². The Labute approximate surface area is 124 Å². The number of carbonyl (C=O) groups is 1. The van der Waals surface area contributed by atoms with E-state index >= 15 is 0 Å². The van der Waals surface area contributed by atoms with E-state index < -0.39 is 5.97 Å². The van der Waals surface area contributed by atoms with E-state index in [2.05, 4.69) is 5.32 Å². The summed E-state index contributed by atoms with van der Waals surface area (Å²) in [6.07, 6.45) is 0.674. The smallest absolute Gasteiger partial charge is 0.304 e. The Hall–Kier alpha value is -2.33. The average Bonchev–Trinajstić information content (AvgIpc) is 2.48. The topological polar surface area (TPSA) is 69.6 Å². The summed E-state index contributed by atoms with van der Waals surface area (Å²) >= 11 is 0. The van der Waals surface area contributed by atoms with E-state index in [9.17, 15) is 9.90 Å².